The first-order valence-corrected chi connectivity index (χ1v) is 9.12. The number of ether oxygens (including phenoxy) is 1. The molecule has 0 aliphatic carbocycles. The van der Waals surface area contributed by atoms with Crippen LogP contribution in [0.15, 0.2) is 48.5 Å². The highest BCUT2D eigenvalue weighted by Gasteiger charge is 2.36. The first kappa shape index (κ1) is 18.8. The third-order valence-electron chi connectivity index (χ3n) is 5.07. The number of benzene rings is 2. The first-order chi connectivity index (χ1) is 12.5. The average Bonchev–Trinajstić information content (AvgIpc) is 2.65. The Labute approximate surface area is 153 Å². The molecular weight excluding hydrogens is 333 g/mol. The molecule has 1 heterocycles. The second kappa shape index (κ2) is 8.16. The molecule has 5 heteroatoms. The van der Waals surface area contributed by atoms with Crippen molar-refractivity contribution in [2.45, 2.75) is 31.5 Å². The zero-order valence-corrected chi connectivity index (χ0v) is 15.1. The van der Waals surface area contributed by atoms with Crippen molar-refractivity contribution in [3.63, 3.8) is 0 Å². The number of β-amino-alcohol motifs (C(OH)–C–C–N with tert-alkyl or cyclic N) is 1. The van der Waals surface area contributed by atoms with Gasteiger partial charge in [0.05, 0.1) is 18.3 Å². The number of likely N-dealkylation sites (tertiary alicyclic amines) is 1. The molecule has 1 saturated heterocycles. The van der Waals surface area contributed by atoms with Gasteiger partial charge in [-0.2, -0.15) is 0 Å². The van der Waals surface area contributed by atoms with Crippen LogP contribution in [0.5, 0.6) is 5.75 Å². The van der Waals surface area contributed by atoms with Crippen LogP contribution in [0.1, 0.15) is 37.0 Å². The molecule has 1 fully saturated rings. The van der Waals surface area contributed by atoms with Crippen LogP contribution in [0.25, 0.3) is 0 Å². The summed E-state index contributed by atoms with van der Waals surface area (Å²) in [6, 6.07) is 13.9. The second-order valence-corrected chi connectivity index (χ2v) is 6.83. The van der Waals surface area contributed by atoms with Crippen molar-refractivity contribution >= 4 is 0 Å². The van der Waals surface area contributed by atoms with Gasteiger partial charge in [0.15, 0.2) is 0 Å². The molecule has 3 rings (SSSR count). The minimum atomic E-state index is -1.13. The standard InChI is InChI=1S/C21H26FNO3/c1-2-26-17-9-7-16(8-10-17)20(24)15-23-13-11-21(25,12-14-23)18-5-3-4-6-19(18)22/h3-10,20,24-25H,2,11-15H2,1H3/t20-/m0/s1. The van der Waals surface area contributed by atoms with Gasteiger partial charge >= 0.3 is 0 Å². The van der Waals surface area contributed by atoms with Gasteiger partial charge in [-0.05, 0) is 43.5 Å². The molecule has 2 N–H and O–H groups in total. The van der Waals surface area contributed by atoms with E-state index in [1.54, 1.807) is 18.2 Å². The van der Waals surface area contributed by atoms with E-state index in [-0.39, 0.29) is 5.82 Å². The first-order valence-electron chi connectivity index (χ1n) is 9.12. The summed E-state index contributed by atoms with van der Waals surface area (Å²) < 4.78 is 19.4. The summed E-state index contributed by atoms with van der Waals surface area (Å²) in [4.78, 5) is 2.11. The van der Waals surface area contributed by atoms with E-state index in [1.807, 2.05) is 31.2 Å². The zero-order chi connectivity index (χ0) is 18.6. The topological polar surface area (TPSA) is 52.9 Å². The lowest BCUT2D eigenvalue weighted by Gasteiger charge is -2.39. The number of hydrogen-bond acceptors (Lipinski definition) is 4. The third kappa shape index (κ3) is 4.23. The molecule has 0 aromatic heterocycles. The largest absolute Gasteiger partial charge is 0.494 e. The Morgan fingerprint density at radius 2 is 1.77 bits per heavy atom. The molecule has 26 heavy (non-hydrogen) atoms. The fourth-order valence-corrected chi connectivity index (χ4v) is 3.52. The Kier molecular flexibility index (Phi) is 5.91. The summed E-state index contributed by atoms with van der Waals surface area (Å²) >= 11 is 0. The average molecular weight is 359 g/mol. The molecular formula is C21H26FNO3. The van der Waals surface area contributed by atoms with E-state index >= 15 is 0 Å². The van der Waals surface area contributed by atoms with E-state index < -0.39 is 11.7 Å². The molecule has 0 bridgehead atoms. The molecule has 0 spiro atoms. The fourth-order valence-electron chi connectivity index (χ4n) is 3.52. The van der Waals surface area contributed by atoms with Crippen molar-refractivity contribution in [1.82, 2.24) is 4.90 Å². The molecule has 0 saturated carbocycles. The van der Waals surface area contributed by atoms with Crippen LogP contribution in [0.2, 0.25) is 0 Å². The number of halogens is 1. The summed E-state index contributed by atoms with van der Waals surface area (Å²) in [5, 5.41) is 21.3. The predicted molar refractivity (Wildman–Crippen MR) is 98.5 cm³/mol. The van der Waals surface area contributed by atoms with Gasteiger partial charge in [-0.15, -0.1) is 0 Å². The Bertz CT molecular complexity index is 711. The fraction of sp³-hybridized carbons (Fsp3) is 0.429. The van der Waals surface area contributed by atoms with Crippen LogP contribution in [0.3, 0.4) is 0 Å². The number of aliphatic hydroxyl groups is 2. The van der Waals surface area contributed by atoms with Crippen molar-refractivity contribution < 1.29 is 19.3 Å². The summed E-state index contributed by atoms with van der Waals surface area (Å²) in [5.74, 6) is 0.425. The van der Waals surface area contributed by atoms with Gasteiger partial charge < -0.3 is 19.8 Å². The molecule has 1 atom stereocenters. The highest BCUT2D eigenvalue weighted by atomic mass is 19.1. The van der Waals surface area contributed by atoms with Crippen molar-refractivity contribution in [1.29, 1.82) is 0 Å². The number of rotatable bonds is 6. The zero-order valence-electron chi connectivity index (χ0n) is 15.1. The molecule has 140 valence electrons. The van der Waals surface area contributed by atoms with Gasteiger partial charge in [0.25, 0.3) is 0 Å². The van der Waals surface area contributed by atoms with Gasteiger partial charge in [0, 0.05) is 25.2 Å². The monoisotopic (exact) mass is 359 g/mol. The van der Waals surface area contributed by atoms with Gasteiger partial charge in [-0.1, -0.05) is 30.3 Å². The van der Waals surface area contributed by atoms with Crippen molar-refractivity contribution in [2.75, 3.05) is 26.2 Å². The lowest BCUT2D eigenvalue weighted by molar-refractivity contribution is -0.0367. The van der Waals surface area contributed by atoms with Gasteiger partial charge in [0.1, 0.15) is 11.6 Å². The molecule has 4 nitrogen and oxygen atoms in total. The Morgan fingerprint density at radius 1 is 1.12 bits per heavy atom. The molecule has 2 aromatic carbocycles. The van der Waals surface area contributed by atoms with Crippen molar-refractivity contribution in [3.05, 3.63) is 65.5 Å². The summed E-state index contributed by atoms with van der Waals surface area (Å²) in [7, 11) is 0. The van der Waals surface area contributed by atoms with E-state index in [0.29, 0.717) is 44.6 Å². The second-order valence-electron chi connectivity index (χ2n) is 6.83. The van der Waals surface area contributed by atoms with Crippen LogP contribution in [0.4, 0.5) is 4.39 Å². The minimum absolute atomic E-state index is 0.363. The molecule has 0 radical (unpaired) electrons. The predicted octanol–water partition coefficient (Wildman–Crippen LogP) is 3.24. The summed E-state index contributed by atoms with van der Waals surface area (Å²) in [6.45, 7) is 4.25. The smallest absolute Gasteiger partial charge is 0.129 e. The molecule has 0 amide bonds. The summed E-state index contributed by atoms with van der Waals surface area (Å²) in [5.41, 5.74) is 0.0708. The van der Waals surface area contributed by atoms with Crippen LogP contribution in [-0.4, -0.2) is 41.4 Å². The Hall–Kier alpha value is -1.95. The number of piperidine rings is 1. The highest BCUT2D eigenvalue weighted by Crippen LogP contribution is 2.34. The van der Waals surface area contributed by atoms with Gasteiger partial charge in [-0.3, -0.25) is 0 Å². The maximum absolute atomic E-state index is 14.0. The Balaban J connectivity index is 1.57. The van der Waals surface area contributed by atoms with Crippen LogP contribution >= 0.6 is 0 Å². The van der Waals surface area contributed by atoms with Crippen LogP contribution in [0, 0.1) is 5.82 Å². The highest BCUT2D eigenvalue weighted by molar-refractivity contribution is 5.29. The normalized spacial score (nSPS) is 18.5. The molecule has 1 aliphatic heterocycles. The lowest BCUT2D eigenvalue weighted by Crippen LogP contribution is -2.44. The maximum Gasteiger partial charge on any atom is 0.129 e. The number of nitrogens with zero attached hydrogens (tertiary/aromatic N) is 1. The SMILES string of the molecule is CCOc1ccc([C@@H](O)CN2CCC(O)(c3ccccc3F)CC2)cc1. The maximum atomic E-state index is 14.0. The van der Waals surface area contributed by atoms with Crippen molar-refractivity contribution in [2.24, 2.45) is 0 Å². The van der Waals surface area contributed by atoms with Crippen molar-refractivity contribution in [3.8, 4) is 5.75 Å². The van der Waals surface area contributed by atoms with Crippen LogP contribution < -0.4 is 4.74 Å². The number of hydrogen-bond donors (Lipinski definition) is 2. The Morgan fingerprint density at radius 3 is 2.38 bits per heavy atom. The van der Waals surface area contributed by atoms with Crippen LogP contribution in [-0.2, 0) is 5.60 Å². The quantitative estimate of drug-likeness (QED) is 0.831. The molecule has 0 unspecified atom stereocenters. The molecule has 2 aromatic rings. The van der Waals surface area contributed by atoms with E-state index in [9.17, 15) is 14.6 Å². The minimum Gasteiger partial charge on any atom is -0.494 e. The van der Waals surface area contributed by atoms with E-state index in [0.717, 1.165) is 11.3 Å². The van der Waals surface area contributed by atoms with E-state index in [4.69, 9.17) is 4.74 Å². The summed E-state index contributed by atoms with van der Waals surface area (Å²) in [6.07, 6.45) is 0.291. The van der Waals surface area contributed by atoms with E-state index in [1.165, 1.54) is 6.07 Å². The molecule has 1 aliphatic rings. The van der Waals surface area contributed by atoms with E-state index in [2.05, 4.69) is 4.90 Å². The van der Waals surface area contributed by atoms with Gasteiger partial charge in [0.2, 0.25) is 0 Å². The third-order valence-corrected chi connectivity index (χ3v) is 5.07. The lowest BCUT2D eigenvalue weighted by atomic mass is 9.84. The van der Waals surface area contributed by atoms with Gasteiger partial charge in [-0.25, -0.2) is 4.39 Å². The number of aliphatic hydroxyl groups excluding tert-OH is 1.